The monoisotopic (exact) mass is 261 g/mol. The Balaban J connectivity index is 2.19. The highest BCUT2D eigenvalue weighted by Crippen LogP contribution is 2.21. The van der Waals surface area contributed by atoms with Crippen molar-refractivity contribution in [2.75, 3.05) is 11.9 Å². The van der Waals surface area contributed by atoms with Gasteiger partial charge in [0.25, 0.3) is 5.78 Å². The van der Waals surface area contributed by atoms with Crippen LogP contribution in [0.15, 0.2) is 12.4 Å². The van der Waals surface area contributed by atoms with Crippen molar-refractivity contribution in [1.29, 1.82) is 0 Å². The summed E-state index contributed by atoms with van der Waals surface area (Å²) >= 11 is 0. The van der Waals surface area contributed by atoms with Crippen molar-refractivity contribution in [2.45, 2.75) is 34.6 Å². The lowest BCUT2D eigenvalue weighted by atomic mass is 9.85. The quantitative estimate of drug-likeness (QED) is 0.899. The van der Waals surface area contributed by atoms with E-state index in [-0.39, 0.29) is 0 Å². The molecule has 0 amide bonds. The molecule has 19 heavy (non-hydrogen) atoms. The van der Waals surface area contributed by atoms with Crippen LogP contribution in [0.5, 0.6) is 0 Å². The second-order valence-electron chi connectivity index (χ2n) is 5.79. The maximum atomic E-state index is 4.34. The minimum absolute atomic E-state index is 0.632. The molecule has 1 N–H and O–H groups in total. The molecule has 0 unspecified atom stereocenters. The predicted octanol–water partition coefficient (Wildman–Crippen LogP) is 2.77. The van der Waals surface area contributed by atoms with E-state index in [1.807, 2.05) is 13.0 Å². The van der Waals surface area contributed by atoms with Gasteiger partial charge in [-0.15, -0.1) is 0 Å². The molecule has 0 aliphatic carbocycles. The second kappa shape index (κ2) is 5.55. The molecule has 2 aromatic rings. The third kappa shape index (κ3) is 3.03. The summed E-state index contributed by atoms with van der Waals surface area (Å²) in [5, 5.41) is 7.71. The maximum absolute atomic E-state index is 4.34. The zero-order valence-corrected chi connectivity index (χ0v) is 12.4. The van der Waals surface area contributed by atoms with Crippen LogP contribution >= 0.6 is 0 Å². The average molecular weight is 261 g/mol. The van der Waals surface area contributed by atoms with Crippen molar-refractivity contribution in [3.63, 3.8) is 0 Å². The Labute approximate surface area is 114 Å². The number of hydrogen-bond acceptors (Lipinski definition) is 4. The first-order chi connectivity index (χ1) is 8.99. The summed E-state index contributed by atoms with van der Waals surface area (Å²) < 4.78 is 1.75. The van der Waals surface area contributed by atoms with Gasteiger partial charge in [0.2, 0.25) is 0 Å². The van der Waals surface area contributed by atoms with Gasteiger partial charge in [0.05, 0.1) is 0 Å². The van der Waals surface area contributed by atoms with Crippen LogP contribution in [0.25, 0.3) is 5.78 Å². The van der Waals surface area contributed by atoms with Gasteiger partial charge in [-0.25, -0.2) is 4.98 Å². The van der Waals surface area contributed by atoms with Gasteiger partial charge in [0, 0.05) is 18.3 Å². The molecule has 0 saturated carbocycles. The van der Waals surface area contributed by atoms with Gasteiger partial charge in [-0.05, 0) is 24.7 Å². The molecule has 0 aromatic carbocycles. The Bertz CT molecular complexity index is 536. The minimum Gasteiger partial charge on any atom is -0.370 e. The zero-order valence-electron chi connectivity index (χ0n) is 12.4. The van der Waals surface area contributed by atoms with Crippen LogP contribution in [0.1, 0.15) is 33.4 Å². The molecule has 0 aliphatic rings. The third-order valence-corrected chi connectivity index (χ3v) is 3.61. The molecule has 0 fully saturated rings. The van der Waals surface area contributed by atoms with Crippen molar-refractivity contribution in [3.05, 3.63) is 18.1 Å². The van der Waals surface area contributed by atoms with E-state index in [0.29, 0.717) is 23.5 Å². The van der Waals surface area contributed by atoms with Crippen LogP contribution in [0.3, 0.4) is 0 Å². The van der Waals surface area contributed by atoms with Gasteiger partial charge >= 0.3 is 0 Å². The van der Waals surface area contributed by atoms with Crippen LogP contribution in [-0.4, -0.2) is 26.1 Å². The lowest BCUT2D eigenvalue weighted by Gasteiger charge is -2.25. The number of aryl methyl sites for hydroxylation is 1. The van der Waals surface area contributed by atoms with E-state index in [0.717, 1.165) is 18.1 Å². The van der Waals surface area contributed by atoms with Crippen LogP contribution in [0, 0.1) is 24.7 Å². The average Bonchev–Trinajstić information content (AvgIpc) is 2.75. The molecule has 104 valence electrons. The van der Waals surface area contributed by atoms with Gasteiger partial charge in [-0.2, -0.15) is 14.6 Å². The Hall–Kier alpha value is -1.65. The van der Waals surface area contributed by atoms with Gasteiger partial charge in [-0.1, -0.05) is 27.7 Å². The molecule has 0 radical (unpaired) electrons. The van der Waals surface area contributed by atoms with E-state index in [1.165, 1.54) is 6.33 Å². The fraction of sp³-hybridized carbons (Fsp3) is 0.643. The molecule has 0 spiro atoms. The van der Waals surface area contributed by atoms with E-state index in [2.05, 4.69) is 48.1 Å². The number of hydrogen-bond donors (Lipinski definition) is 1. The normalized spacial score (nSPS) is 12.0. The Kier molecular flexibility index (Phi) is 4.02. The van der Waals surface area contributed by atoms with E-state index in [9.17, 15) is 0 Å². The van der Waals surface area contributed by atoms with E-state index >= 15 is 0 Å². The molecule has 0 saturated heterocycles. The van der Waals surface area contributed by atoms with Gasteiger partial charge in [-0.3, -0.25) is 0 Å². The molecule has 0 bridgehead atoms. The summed E-state index contributed by atoms with van der Waals surface area (Å²) in [5.41, 5.74) is 0.952. The second-order valence-corrected chi connectivity index (χ2v) is 5.79. The van der Waals surface area contributed by atoms with Crippen molar-refractivity contribution >= 4 is 11.6 Å². The summed E-state index contributed by atoms with van der Waals surface area (Å²) in [6, 6.07) is 2.01. The first kappa shape index (κ1) is 13.8. The summed E-state index contributed by atoms with van der Waals surface area (Å²) in [6.07, 6.45) is 1.54. The molecule has 0 aliphatic heterocycles. The first-order valence-corrected chi connectivity index (χ1v) is 6.90. The third-order valence-electron chi connectivity index (χ3n) is 3.61. The Morgan fingerprint density at radius 1 is 1.21 bits per heavy atom. The number of nitrogens with zero attached hydrogens (tertiary/aromatic N) is 4. The van der Waals surface area contributed by atoms with Crippen LogP contribution < -0.4 is 5.32 Å². The fourth-order valence-corrected chi connectivity index (χ4v) is 2.52. The predicted molar refractivity (Wildman–Crippen MR) is 77.2 cm³/mol. The van der Waals surface area contributed by atoms with Crippen molar-refractivity contribution in [3.8, 4) is 0 Å². The van der Waals surface area contributed by atoms with E-state index in [4.69, 9.17) is 0 Å². The number of aromatic nitrogens is 4. The van der Waals surface area contributed by atoms with Crippen LogP contribution in [0.2, 0.25) is 0 Å². The smallest absolute Gasteiger partial charge is 0.254 e. The number of fused-ring (bicyclic) bond motifs is 1. The molecule has 0 atom stereocenters. The molecule has 2 heterocycles. The summed E-state index contributed by atoms with van der Waals surface area (Å²) in [5.74, 6) is 3.55. The highest BCUT2D eigenvalue weighted by atomic mass is 15.3. The Morgan fingerprint density at radius 3 is 2.53 bits per heavy atom. The van der Waals surface area contributed by atoms with Gasteiger partial charge < -0.3 is 5.32 Å². The van der Waals surface area contributed by atoms with Crippen molar-refractivity contribution in [1.82, 2.24) is 19.6 Å². The first-order valence-electron chi connectivity index (χ1n) is 6.90. The van der Waals surface area contributed by atoms with Crippen molar-refractivity contribution < 1.29 is 0 Å². The lowest BCUT2D eigenvalue weighted by Crippen LogP contribution is -2.25. The summed E-state index contributed by atoms with van der Waals surface area (Å²) in [7, 11) is 0. The van der Waals surface area contributed by atoms with Crippen molar-refractivity contribution in [2.24, 2.45) is 17.8 Å². The standard InChI is InChI=1S/C14H23N5/c1-9(2)12(10(3)4)7-15-13-6-11(5)18-14-16-8-17-19(13)14/h6,8-10,12,15H,7H2,1-5H3. The topological polar surface area (TPSA) is 55.1 Å². The Morgan fingerprint density at radius 2 is 1.89 bits per heavy atom. The fourth-order valence-electron chi connectivity index (χ4n) is 2.52. The summed E-state index contributed by atoms with van der Waals surface area (Å²) in [4.78, 5) is 8.48. The highest BCUT2D eigenvalue weighted by Gasteiger charge is 2.17. The number of anilines is 1. The van der Waals surface area contributed by atoms with Crippen LogP contribution in [0.4, 0.5) is 5.82 Å². The van der Waals surface area contributed by atoms with Gasteiger partial charge in [0.15, 0.2) is 0 Å². The van der Waals surface area contributed by atoms with E-state index in [1.54, 1.807) is 4.52 Å². The van der Waals surface area contributed by atoms with Crippen LogP contribution in [-0.2, 0) is 0 Å². The maximum Gasteiger partial charge on any atom is 0.254 e. The molecular weight excluding hydrogens is 238 g/mol. The number of nitrogens with one attached hydrogen (secondary N) is 1. The van der Waals surface area contributed by atoms with E-state index < -0.39 is 0 Å². The number of rotatable bonds is 5. The minimum atomic E-state index is 0.632. The largest absolute Gasteiger partial charge is 0.370 e. The summed E-state index contributed by atoms with van der Waals surface area (Å²) in [6.45, 7) is 12.0. The molecule has 2 aromatic heterocycles. The molecule has 5 heteroatoms. The molecule has 2 rings (SSSR count). The molecular formula is C14H23N5. The van der Waals surface area contributed by atoms with Gasteiger partial charge in [0.1, 0.15) is 12.1 Å². The highest BCUT2D eigenvalue weighted by molar-refractivity contribution is 5.44. The SMILES string of the molecule is Cc1cc(NCC(C(C)C)C(C)C)n2ncnc2n1. The lowest BCUT2D eigenvalue weighted by molar-refractivity contribution is 0.304. The zero-order chi connectivity index (χ0) is 14.0. The molecule has 5 nitrogen and oxygen atoms in total.